The quantitative estimate of drug-likeness (QED) is 0.576. The summed E-state index contributed by atoms with van der Waals surface area (Å²) in [5.41, 5.74) is -0.269. The second-order valence-corrected chi connectivity index (χ2v) is 8.11. The predicted octanol–water partition coefficient (Wildman–Crippen LogP) is 5.01. The highest BCUT2D eigenvalue weighted by Gasteiger charge is 2.43. The van der Waals surface area contributed by atoms with E-state index in [1.807, 2.05) is 0 Å². The van der Waals surface area contributed by atoms with Crippen molar-refractivity contribution in [1.82, 2.24) is 24.9 Å². The third-order valence-corrected chi connectivity index (χ3v) is 6.01. The van der Waals surface area contributed by atoms with Gasteiger partial charge in [0.15, 0.2) is 5.69 Å². The number of hydrogen-bond donors (Lipinski definition) is 1. The Bertz CT molecular complexity index is 921. The van der Waals surface area contributed by atoms with Crippen molar-refractivity contribution in [3.8, 4) is 0 Å². The zero-order valence-corrected chi connectivity index (χ0v) is 17.9. The molecule has 29 heavy (non-hydrogen) atoms. The Morgan fingerprint density at radius 2 is 1.90 bits per heavy atom. The molecule has 160 valence electrons. The number of aromatic nitrogens is 4. The number of hydrogen-bond acceptors (Lipinski definition) is 3. The van der Waals surface area contributed by atoms with E-state index in [1.54, 1.807) is 6.92 Å². The summed E-state index contributed by atoms with van der Waals surface area (Å²) in [5, 5.41) is 10.8. The molecule has 1 unspecified atom stereocenters. The third-order valence-electron chi connectivity index (χ3n) is 4.71. The molecule has 1 aliphatic carbocycles. The van der Waals surface area contributed by atoms with Gasteiger partial charge in [-0.25, -0.2) is 0 Å². The van der Waals surface area contributed by atoms with Crippen LogP contribution in [0.5, 0.6) is 0 Å². The highest BCUT2D eigenvalue weighted by Crippen LogP contribution is 2.47. The molecular formula is C17H19Cl3F3N5O. The van der Waals surface area contributed by atoms with E-state index in [4.69, 9.17) is 34.8 Å². The summed E-state index contributed by atoms with van der Waals surface area (Å²) in [6.45, 7) is 3.95. The molecular weight excluding hydrogens is 454 g/mol. The monoisotopic (exact) mass is 471 g/mol. The molecule has 1 amide bonds. The molecule has 1 fully saturated rings. The predicted molar refractivity (Wildman–Crippen MR) is 104 cm³/mol. The number of carbonyl (C=O) groups excluding carboxylic acids is 1. The molecule has 3 rings (SSSR count). The van der Waals surface area contributed by atoms with Crippen LogP contribution in [0, 0.1) is 6.92 Å². The first-order valence-corrected chi connectivity index (χ1v) is 10.2. The minimum Gasteiger partial charge on any atom is -0.354 e. The number of carbonyl (C=O) groups is 1. The van der Waals surface area contributed by atoms with Crippen molar-refractivity contribution in [2.45, 2.75) is 57.8 Å². The van der Waals surface area contributed by atoms with Gasteiger partial charge in [-0.05, 0) is 33.1 Å². The maximum atomic E-state index is 13.2. The number of aryl methyl sites for hydroxylation is 2. The van der Waals surface area contributed by atoms with E-state index in [0.29, 0.717) is 28.8 Å². The number of nitrogens with zero attached hydrogens (tertiary/aromatic N) is 4. The molecule has 0 spiro atoms. The fraction of sp³-hybridized carbons (Fsp3) is 0.588. The highest BCUT2D eigenvalue weighted by atomic mass is 35.5. The van der Waals surface area contributed by atoms with Gasteiger partial charge in [0.1, 0.15) is 16.2 Å². The van der Waals surface area contributed by atoms with Crippen LogP contribution in [-0.2, 0) is 17.5 Å². The maximum absolute atomic E-state index is 13.2. The van der Waals surface area contributed by atoms with Gasteiger partial charge < -0.3 is 5.32 Å². The molecule has 1 aliphatic rings. The Labute approximate surface area is 180 Å². The first kappa shape index (κ1) is 22.2. The van der Waals surface area contributed by atoms with E-state index in [9.17, 15) is 18.0 Å². The van der Waals surface area contributed by atoms with E-state index < -0.39 is 28.8 Å². The van der Waals surface area contributed by atoms with Gasteiger partial charge in [-0.1, -0.05) is 34.8 Å². The Morgan fingerprint density at radius 1 is 1.24 bits per heavy atom. The minimum absolute atomic E-state index is 0.101. The fourth-order valence-electron chi connectivity index (χ4n) is 3.01. The van der Waals surface area contributed by atoms with Gasteiger partial charge in [-0.15, -0.1) is 0 Å². The molecule has 6 nitrogen and oxygen atoms in total. The smallest absolute Gasteiger partial charge is 0.354 e. The van der Waals surface area contributed by atoms with Crippen molar-refractivity contribution < 1.29 is 18.0 Å². The second kappa shape index (κ2) is 8.35. The van der Waals surface area contributed by atoms with Gasteiger partial charge >= 0.3 is 6.18 Å². The molecule has 2 aromatic heterocycles. The molecule has 12 heteroatoms. The molecule has 0 aromatic carbocycles. The van der Waals surface area contributed by atoms with Crippen molar-refractivity contribution in [3.63, 3.8) is 0 Å². The third kappa shape index (κ3) is 4.67. The van der Waals surface area contributed by atoms with E-state index in [-0.39, 0.29) is 18.2 Å². The lowest BCUT2D eigenvalue weighted by Gasteiger charge is -2.16. The average molecular weight is 473 g/mol. The van der Waals surface area contributed by atoms with Crippen LogP contribution in [0.1, 0.15) is 55.2 Å². The van der Waals surface area contributed by atoms with Crippen LogP contribution in [0.15, 0.2) is 0 Å². The van der Waals surface area contributed by atoms with Crippen LogP contribution in [-0.4, -0.2) is 32.0 Å². The molecule has 2 heterocycles. The number of alkyl halides is 3. The van der Waals surface area contributed by atoms with Crippen LogP contribution >= 0.6 is 34.8 Å². The summed E-state index contributed by atoms with van der Waals surface area (Å²) in [6, 6.07) is -0.927. The summed E-state index contributed by atoms with van der Waals surface area (Å²) in [6.07, 6.45) is -2.71. The second-order valence-electron chi connectivity index (χ2n) is 7.00. The van der Waals surface area contributed by atoms with Gasteiger partial charge in [-0.2, -0.15) is 23.4 Å². The summed E-state index contributed by atoms with van der Waals surface area (Å²) in [4.78, 5) is 12.5. The van der Waals surface area contributed by atoms with Crippen molar-refractivity contribution >= 4 is 40.7 Å². The van der Waals surface area contributed by atoms with Gasteiger partial charge in [-0.3, -0.25) is 14.2 Å². The number of amides is 1. The van der Waals surface area contributed by atoms with E-state index in [2.05, 4.69) is 15.5 Å². The Kier molecular flexibility index (Phi) is 6.41. The van der Waals surface area contributed by atoms with Crippen LogP contribution in [0.4, 0.5) is 13.2 Å². The lowest BCUT2D eigenvalue weighted by Crippen LogP contribution is -2.33. The summed E-state index contributed by atoms with van der Waals surface area (Å²) in [7, 11) is 0. The average Bonchev–Trinajstić information content (AvgIpc) is 3.37. The number of rotatable bonds is 7. The zero-order valence-electron chi connectivity index (χ0n) is 15.7. The highest BCUT2D eigenvalue weighted by molar-refractivity contribution is 6.41. The molecule has 0 aliphatic heterocycles. The Morgan fingerprint density at radius 3 is 2.41 bits per heavy atom. The van der Waals surface area contributed by atoms with Crippen molar-refractivity contribution in [1.29, 1.82) is 0 Å². The van der Waals surface area contributed by atoms with Crippen LogP contribution in [0.2, 0.25) is 15.2 Å². The SMILES string of the molecule is Cc1nn(CCCNC(=O)C(C)n2nc(C(F)(F)F)c(Cl)c2C2CC2)c(Cl)c1Cl. The lowest BCUT2D eigenvalue weighted by atomic mass is 10.2. The molecule has 1 saturated carbocycles. The zero-order chi connectivity index (χ0) is 21.5. The summed E-state index contributed by atoms with van der Waals surface area (Å²) >= 11 is 18.0. The van der Waals surface area contributed by atoms with Gasteiger partial charge in [0, 0.05) is 19.0 Å². The number of halogens is 6. The molecule has 1 atom stereocenters. The standard InChI is InChI=1S/C17H19Cl3F3N5O/c1-8-11(18)15(20)27(25-8)7-3-6-24-16(29)9(2)28-13(10-4-5-10)12(19)14(26-28)17(21,22)23/h9-10H,3-7H2,1-2H3,(H,24,29). The molecule has 0 radical (unpaired) electrons. The molecule has 0 saturated heterocycles. The van der Waals surface area contributed by atoms with Crippen molar-refractivity contribution in [2.75, 3.05) is 6.54 Å². The molecule has 1 N–H and O–H groups in total. The summed E-state index contributed by atoms with van der Waals surface area (Å²) < 4.78 is 42.2. The van der Waals surface area contributed by atoms with Crippen LogP contribution in [0.25, 0.3) is 0 Å². The first-order chi connectivity index (χ1) is 13.5. The Balaban J connectivity index is 1.63. The fourth-order valence-corrected chi connectivity index (χ4v) is 3.79. The van der Waals surface area contributed by atoms with Gasteiger partial charge in [0.25, 0.3) is 0 Å². The van der Waals surface area contributed by atoms with Crippen molar-refractivity contribution in [2.24, 2.45) is 0 Å². The van der Waals surface area contributed by atoms with Gasteiger partial charge in [0.05, 0.1) is 16.4 Å². The topological polar surface area (TPSA) is 64.7 Å². The lowest BCUT2D eigenvalue weighted by molar-refractivity contribution is -0.141. The van der Waals surface area contributed by atoms with E-state index in [0.717, 1.165) is 17.5 Å². The Hall–Kier alpha value is -1.45. The van der Waals surface area contributed by atoms with E-state index in [1.165, 1.54) is 11.6 Å². The van der Waals surface area contributed by atoms with Crippen LogP contribution in [0.3, 0.4) is 0 Å². The van der Waals surface area contributed by atoms with Gasteiger partial charge in [0.2, 0.25) is 5.91 Å². The number of nitrogens with one attached hydrogen (secondary N) is 1. The normalized spacial score (nSPS) is 15.6. The maximum Gasteiger partial charge on any atom is 0.436 e. The summed E-state index contributed by atoms with van der Waals surface area (Å²) in [5.74, 6) is -0.545. The molecule has 2 aromatic rings. The molecule has 0 bridgehead atoms. The van der Waals surface area contributed by atoms with Crippen molar-refractivity contribution in [3.05, 3.63) is 32.3 Å². The van der Waals surface area contributed by atoms with E-state index >= 15 is 0 Å². The largest absolute Gasteiger partial charge is 0.436 e. The first-order valence-electron chi connectivity index (χ1n) is 9.03. The van der Waals surface area contributed by atoms with Crippen LogP contribution < -0.4 is 5.32 Å². The minimum atomic E-state index is -4.68.